The summed E-state index contributed by atoms with van der Waals surface area (Å²) in [6.07, 6.45) is 1.79. The number of ether oxygens (including phenoxy) is 2. The molecule has 25 heavy (non-hydrogen) atoms. The van der Waals surface area contributed by atoms with E-state index in [4.69, 9.17) is 9.47 Å². The molecule has 0 aliphatic heterocycles. The van der Waals surface area contributed by atoms with Crippen LogP contribution in [0.1, 0.15) is 30.2 Å². The molecule has 0 unspecified atom stereocenters. The van der Waals surface area contributed by atoms with Gasteiger partial charge in [0.2, 0.25) is 0 Å². The number of carbonyl (C=O) groups is 1. The minimum absolute atomic E-state index is 0.229. The molecule has 0 saturated heterocycles. The van der Waals surface area contributed by atoms with E-state index in [1.165, 1.54) is 0 Å². The predicted molar refractivity (Wildman–Crippen MR) is 97.6 cm³/mol. The topological polar surface area (TPSA) is 65.4 Å². The van der Waals surface area contributed by atoms with Crippen molar-refractivity contribution in [3.05, 3.63) is 48.3 Å². The maximum Gasteiger partial charge on any atom is 0.255 e. The lowest BCUT2D eigenvalue weighted by Gasteiger charge is -2.12. The van der Waals surface area contributed by atoms with Crippen LogP contribution in [-0.4, -0.2) is 29.7 Å². The van der Waals surface area contributed by atoms with Crippen molar-refractivity contribution in [1.82, 2.24) is 9.55 Å². The van der Waals surface area contributed by atoms with Gasteiger partial charge in [0.15, 0.2) is 0 Å². The van der Waals surface area contributed by atoms with E-state index in [1.807, 2.05) is 6.07 Å². The molecule has 1 N–H and O–H groups in total. The first-order valence-electron chi connectivity index (χ1n) is 8.03. The number of aromatic nitrogens is 2. The van der Waals surface area contributed by atoms with Crippen molar-refractivity contribution in [3.8, 4) is 11.5 Å². The summed E-state index contributed by atoms with van der Waals surface area (Å²) in [5.41, 5.74) is 2.88. The molecule has 6 heteroatoms. The van der Waals surface area contributed by atoms with Gasteiger partial charge in [0.05, 0.1) is 37.3 Å². The number of nitrogens with zero attached hydrogens (tertiary/aromatic N) is 2. The minimum Gasteiger partial charge on any atom is -0.497 e. The monoisotopic (exact) mass is 339 g/mol. The highest BCUT2D eigenvalue weighted by Gasteiger charge is 2.13. The second-order valence-electron chi connectivity index (χ2n) is 5.97. The number of imidazole rings is 1. The van der Waals surface area contributed by atoms with Gasteiger partial charge in [-0.1, -0.05) is 0 Å². The van der Waals surface area contributed by atoms with E-state index in [2.05, 4.69) is 28.7 Å². The fraction of sp³-hybridized carbons (Fsp3) is 0.263. The van der Waals surface area contributed by atoms with E-state index in [1.54, 1.807) is 50.9 Å². The SMILES string of the molecule is COc1ccc(OC)c(NC(=O)c2ccc3c(c2)ncn3C(C)C)c1. The molecule has 0 radical (unpaired) electrons. The van der Waals surface area contributed by atoms with Crippen molar-refractivity contribution in [2.75, 3.05) is 19.5 Å². The zero-order valence-corrected chi connectivity index (χ0v) is 14.7. The van der Waals surface area contributed by atoms with Crippen LogP contribution in [0.3, 0.4) is 0 Å². The molecule has 6 nitrogen and oxygen atoms in total. The third-order valence-corrected chi connectivity index (χ3v) is 4.05. The smallest absolute Gasteiger partial charge is 0.255 e. The molecule has 1 aromatic heterocycles. The van der Waals surface area contributed by atoms with E-state index in [0.29, 0.717) is 28.8 Å². The number of carbonyl (C=O) groups excluding carboxylic acids is 1. The third-order valence-electron chi connectivity index (χ3n) is 4.05. The van der Waals surface area contributed by atoms with Crippen LogP contribution in [0.2, 0.25) is 0 Å². The molecule has 0 aliphatic carbocycles. The first kappa shape index (κ1) is 16.8. The number of fused-ring (bicyclic) bond motifs is 1. The summed E-state index contributed by atoms with van der Waals surface area (Å²) in [6, 6.07) is 11.1. The van der Waals surface area contributed by atoms with Crippen LogP contribution in [0.15, 0.2) is 42.7 Å². The maximum atomic E-state index is 12.6. The van der Waals surface area contributed by atoms with Crippen LogP contribution in [0.5, 0.6) is 11.5 Å². The molecule has 0 spiro atoms. The number of hydrogen-bond donors (Lipinski definition) is 1. The standard InChI is InChI=1S/C19H21N3O3/c1-12(2)22-11-20-15-9-13(5-7-17(15)22)19(23)21-16-10-14(24-3)6-8-18(16)25-4/h5-12H,1-4H3,(H,21,23). The predicted octanol–water partition coefficient (Wildman–Crippen LogP) is 3.89. The Balaban J connectivity index is 1.90. The fourth-order valence-electron chi connectivity index (χ4n) is 2.69. The molecular weight excluding hydrogens is 318 g/mol. The molecule has 3 rings (SSSR count). The molecule has 3 aromatic rings. The molecule has 0 bridgehead atoms. The fourth-order valence-corrected chi connectivity index (χ4v) is 2.69. The molecular formula is C19H21N3O3. The molecule has 1 amide bonds. The Kier molecular flexibility index (Phi) is 4.61. The highest BCUT2D eigenvalue weighted by Crippen LogP contribution is 2.29. The van der Waals surface area contributed by atoms with E-state index < -0.39 is 0 Å². The largest absolute Gasteiger partial charge is 0.497 e. The van der Waals surface area contributed by atoms with Crippen LogP contribution in [-0.2, 0) is 0 Å². The normalized spacial score (nSPS) is 10.9. The highest BCUT2D eigenvalue weighted by molar-refractivity contribution is 6.06. The van der Waals surface area contributed by atoms with E-state index in [9.17, 15) is 4.79 Å². The van der Waals surface area contributed by atoms with Gasteiger partial charge in [-0.15, -0.1) is 0 Å². The molecule has 0 atom stereocenters. The Morgan fingerprint density at radius 1 is 1.12 bits per heavy atom. The average Bonchev–Trinajstić information content (AvgIpc) is 3.05. The van der Waals surface area contributed by atoms with Gasteiger partial charge in [0.25, 0.3) is 5.91 Å². The quantitative estimate of drug-likeness (QED) is 0.766. The van der Waals surface area contributed by atoms with Gasteiger partial charge in [-0.2, -0.15) is 0 Å². The van der Waals surface area contributed by atoms with Crippen molar-refractivity contribution in [1.29, 1.82) is 0 Å². The lowest BCUT2D eigenvalue weighted by Crippen LogP contribution is -2.12. The summed E-state index contributed by atoms with van der Waals surface area (Å²) >= 11 is 0. The van der Waals surface area contributed by atoms with Crippen LogP contribution < -0.4 is 14.8 Å². The van der Waals surface area contributed by atoms with Gasteiger partial charge in [-0.25, -0.2) is 4.98 Å². The van der Waals surface area contributed by atoms with Crippen LogP contribution in [0, 0.1) is 0 Å². The van der Waals surface area contributed by atoms with Gasteiger partial charge in [-0.05, 0) is 44.2 Å². The number of anilines is 1. The second-order valence-corrected chi connectivity index (χ2v) is 5.97. The highest BCUT2D eigenvalue weighted by atomic mass is 16.5. The summed E-state index contributed by atoms with van der Waals surface area (Å²) in [7, 11) is 3.13. The Labute approximate surface area is 146 Å². The third kappa shape index (κ3) is 3.28. The molecule has 1 heterocycles. The van der Waals surface area contributed by atoms with Crippen molar-refractivity contribution < 1.29 is 14.3 Å². The van der Waals surface area contributed by atoms with Gasteiger partial charge < -0.3 is 19.4 Å². The molecule has 0 aliphatic rings. The number of methoxy groups -OCH3 is 2. The van der Waals surface area contributed by atoms with Gasteiger partial charge in [-0.3, -0.25) is 4.79 Å². The molecule has 2 aromatic carbocycles. The lowest BCUT2D eigenvalue weighted by atomic mass is 10.1. The first-order chi connectivity index (χ1) is 12.0. The zero-order chi connectivity index (χ0) is 18.0. The number of benzene rings is 2. The summed E-state index contributed by atoms with van der Waals surface area (Å²) in [5.74, 6) is 0.981. The Bertz CT molecular complexity index is 915. The van der Waals surface area contributed by atoms with Crippen LogP contribution >= 0.6 is 0 Å². The summed E-state index contributed by atoms with van der Waals surface area (Å²) in [4.78, 5) is 17.0. The average molecular weight is 339 g/mol. The Hall–Kier alpha value is -3.02. The maximum absolute atomic E-state index is 12.6. The molecule has 0 saturated carbocycles. The van der Waals surface area contributed by atoms with Crippen molar-refractivity contribution in [2.45, 2.75) is 19.9 Å². The van der Waals surface area contributed by atoms with Gasteiger partial charge >= 0.3 is 0 Å². The van der Waals surface area contributed by atoms with Gasteiger partial charge in [0, 0.05) is 17.7 Å². The van der Waals surface area contributed by atoms with Crippen LogP contribution in [0.25, 0.3) is 11.0 Å². The van der Waals surface area contributed by atoms with Gasteiger partial charge in [0.1, 0.15) is 11.5 Å². The van der Waals surface area contributed by atoms with E-state index in [0.717, 1.165) is 11.0 Å². The van der Waals surface area contributed by atoms with Crippen molar-refractivity contribution in [2.24, 2.45) is 0 Å². The summed E-state index contributed by atoms with van der Waals surface area (Å²) < 4.78 is 12.6. The van der Waals surface area contributed by atoms with Crippen molar-refractivity contribution >= 4 is 22.6 Å². The van der Waals surface area contributed by atoms with E-state index >= 15 is 0 Å². The summed E-state index contributed by atoms with van der Waals surface area (Å²) in [6.45, 7) is 4.19. The number of hydrogen-bond acceptors (Lipinski definition) is 4. The summed E-state index contributed by atoms with van der Waals surface area (Å²) in [5, 5.41) is 2.87. The minimum atomic E-state index is -0.229. The number of amides is 1. The zero-order valence-electron chi connectivity index (χ0n) is 14.7. The Morgan fingerprint density at radius 3 is 2.60 bits per heavy atom. The Morgan fingerprint density at radius 2 is 1.92 bits per heavy atom. The van der Waals surface area contributed by atoms with Crippen molar-refractivity contribution in [3.63, 3.8) is 0 Å². The van der Waals surface area contributed by atoms with E-state index in [-0.39, 0.29) is 5.91 Å². The second kappa shape index (κ2) is 6.84. The molecule has 130 valence electrons. The number of rotatable bonds is 5. The first-order valence-corrected chi connectivity index (χ1v) is 8.03. The molecule has 0 fully saturated rings. The lowest BCUT2D eigenvalue weighted by molar-refractivity contribution is 0.102. The van der Waals surface area contributed by atoms with Crippen LogP contribution in [0.4, 0.5) is 5.69 Å². The number of nitrogens with one attached hydrogen (secondary N) is 1.